The molecule has 0 bridgehead atoms. The number of fused-ring (bicyclic) bond motifs is 1. The van der Waals surface area contributed by atoms with E-state index in [1.807, 2.05) is 6.07 Å². The van der Waals surface area contributed by atoms with E-state index in [4.69, 9.17) is 4.84 Å². The molecule has 0 amide bonds. The Balaban J connectivity index is 2.33. The van der Waals surface area contributed by atoms with E-state index in [1.165, 1.54) is 11.1 Å². The second-order valence-corrected chi connectivity index (χ2v) is 2.70. The molecule has 2 rings (SSSR count). The largest absolute Gasteiger partial charge is 0.297 e. The molecular formula is C9H11NO. The summed E-state index contributed by atoms with van der Waals surface area (Å²) in [5.74, 6) is 0. The van der Waals surface area contributed by atoms with Crippen LogP contribution < -0.4 is 5.48 Å². The van der Waals surface area contributed by atoms with Crippen molar-refractivity contribution in [2.24, 2.45) is 0 Å². The fourth-order valence-corrected chi connectivity index (χ4v) is 1.33. The first-order valence-corrected chi connectivity index (χ1v) is 3.88. The first-order chi connectivity index (χ1) is 5.47. The topological polar surface area (TPSA) is 21.3 Å². The minimum atomic E-state index is 0.691. The van der Waals surface area contributed by atoms with E-state index in [1.54, 1.807) is 0 Å². The number of hydrogen-bond donors (Lipinski definition) is 1. The van der Waals surface area contributed by atoms with Crippen molar-refractivity contribution in [2.45, 2.75) is 13.0 Å². The zero-order chi connectivity index (χ0) is 7.52. The Bertz CT molecular complexity index is 222. The summed E-state index contributed by atoms with van der Waals surface area (Å²) >= 11 is 0. The maximum absolute atomic E-state index is 5.17. The van der Waals surface area contributed by atoms with Crippen LogP contribution in [0, 0.1) is 0 Å². The molecule has 2 heteroatoms. The average molecular weight is 149 g/mol. The Kier molecular flexibility index (Phi) is 1.88. The number of hydroxylamine groups is 1. The van der Waals surface area contributed by atoms with Gasteiger partial charge in [-0.1, -0.05) is 24.3 Å². The van der Waals surface area contributed by atoms with Gasteiger partial charge >= 0.3 is 0 Å². The van der Waals surface area contributed by atoms with Crippen molar-refractivity contribution in [3.8, 4) is 0 Å². The van der Waals surface area contributed by atoms with Crippen LogP contribution in [0.1, 0.15) is 11.1 Å². The fraction of sp³-hybridized carbons (Fsp3) is 0.333. The van der Waals surface area contributed by atoms with Gasteiger partial charge in [0.05, 0.1) is 6.61 Å². The molecule has 0 fully saturated rings. The van der Waals surface area contributed by atoms with E-state index in [0.717, 1.165) is 13.0 Å². The van der Waals surface area contributed by atoms with E-state index < -0.39 is 0 Å². The highest BCUT2D eigenvalue weighted by molar-refractivity contribution is 5.27. The molecule has 1 aliphatic rings. The summed E-state index contributed by atoms with van der Waals surface area (Å²) in [6, 6.07) is 8.39. The van der Waals surface area contributed by atoms with Crippen molar-refractivity contribution in [1.82, 2.24) is 5.48 Å². The monoisotopic (exact) mass is 149 g/mol. The third-order valence-electron chi connectivity index (χ3n) is 1.94. The van der Waals surface area contributed by atoms with Gasteiger partial charge in [-0.05, 0) is 17.5 Å². The third kappa shape index (κ3) is 1.42. The summed E-state index contributed by atoms with van der Waals surface area (Å²) in [4.78, 5) is 5.17. The molecule has 0 aromatic heterocycles. The van der Waals surface area contributed by atoms with Crippen LogP contribution in [0.15, 0.2) is 24.3 Å². The number of hydrogen-bond acceptors (Lipinski definition) is 2. The second-order valence-electron chi connectivity index (χ2n) is 2.70. The molecule has 1 aromatic carbocycles. The van der Waals surface area contributed by atoms with Crippen LogP contribution in [0.4, 0.5) is 0 Å². The molecule has 58 valence electrons. The molecule has 0 aliphatic carbocycles. The zero-order valence-electron chi connectivity index (χ0n) is 6.34. The van der Waals surface area contributed by atoms with E-state index in [9.17, 15) is 0 Å². The summed E-state index contributed by atoms with van der Waals surface area (Å²) in [5, 5.41) is 0. The molecule has 2 nitrogen and oxygen atoms in total. The van der Waals surface area contributed by atoms with Gasteiger partial charge in [0.1, 0.15) is 0 Å². The number of benzene rings is 1. The standard InChI is InChI=1S/C9H11NO/c1-2-4-9-7-11-10-6-5-8(9)3-1/h1-4,10H,5-7H2. The van der Waals surface area contributed by atoms with Gasteiger partial charge in [-0.25, -0.2) is 5.48 Å². The minimum absolute atomic E-state index is 0.691. The average Bonchev–Trinajstić information content (AvgIpc) is 2.28. The maximum atomic E-state index is 5.17. The lowest BCUT2D eigenvalue weighted by atomic mass is 10.1. The lowest BCUT2D eigenvalue weighted by molar-refractivity contribution is 0.0341. The highest BCUT2D eigenvalue weighted by Crippen LogP contribution is 2.11. The molecule has 1 N–H and O–H groups in total. The van der Waals surface area contributed by atoms with Crippen molar-refractivity contribution >= 4 is 0 Å². The summed E-state index contributed by atoms with van der Waals surface area (Å²) in [5.41, 5.74) is 5.60. The molecule has 0 saturated carbocycles. The van der Waals surface area contributed by atoms with Crippen LogP contribution in [0.25, 0.3) is 0 Å². The van der Waals surface area contributed by atoms with E-state index in [2.05, 4.69) is 23.7 Å². The van der Waals surface area contributed by atoms with Crippen molar-refractivity contribution < 1.29 is 4.84 Å². The summed E-state index contributed by atoms with van der Waals surface area (Å²) in [7, 11) is 0. The molecule has 1 aromatic rings. The van der Waals surface area contributed by atoms with Gasteiger partial charge in [0, 0.05) is 6.54 Å². The van der Waals surface area contributed by atoms with Gasteiger partial charge in [-0.3, -0.25) is 4.84 Å². The van der Waals surface area contributed by atoms with Crippen LogP contribution in [0.2, 0.25) is 0 Å². The molecule has 0 radical (unpaired) electrons. The smallest absolute Gasteiger partial charge is 0.0935 e. The Morgan fingerprint density at radius 3 is 2.91 bits per heavy atom. The first-order valence-electron chi connectivity index (χ1n) is 3.88. The lowest BCUT2D eigenvalue weighted by Crippen LogP contribution is -2.13. The summed E-state index contributed by atoms with van der Waals surface area (Å²) in [6.45, 7) is 1.60. The van der Waals surface area contributed by atoms with Gasteiger partial charge in [0.25, 0.3) is 0 Å². The molecule has 0 spiro atoms. The van der Waals surface area contributed by atoms with Gasteiger partial charge in [-0.15, -0.1) is 0 Å². The molecule has 0 saturated heterocycles. The van der Waals surface area contributed by atoms with Crippen LogP contribution in [-0.2, 0) is 17.9 Å². The second kappa shape index (κ2) is 3.03. The Morgan fingerprint density at radius 2 is 2.00 bits per heavy atom. The van der Waals surface area contributed by atoms with Crippen molar-refractivity contribution in [3.63, 3.8) is 0 Å². The predicted molar refractivity (Wildman–Crippen MR) is 42.9 cm³/mol. The number of nitrogens with one attached hydrogen (secondary N) is 1. The lowest BCUT2D eigenvalue weighted by Gasteiger charge is -2.01. The van der Waals surface area contributed by atoms with Crippen molar-refractivity contribution in [1.29, 1.82) is 0 Å². The SMILES string of the molecule is c1ccc2c(c1)CCNOC2. The molecule has 1 heterocycles. The van der Waals surface area contributed by atoms with E-state index in [0.29, 0.717) is 6.61 Å². The Labute approximate surface area is 66.1 Å². The van der Waals surface area contributed by atoms with E-state index >= 15 is 0 Å². The quantitative estimate of drug-likeness (QED) is 0.599. The number of rotatable bonds is 0. The van der Waals surface area contributed by atoms with Gasteiger partial charge in [0.2, 0.25) is 0 Å². The first kappa shape index (κ1) is 6.83. The Morgan fingerprint density at radius 1 is 1.18 bits per heavy atom. The zero-order valence-corrected chi connectivity index (χ0v) is 6.34. The maximum Gasteiger partial charge on any atom is 0.0935 e. The van der Waals surface area contributed by atoms with E-state index in [-0.39, 0.29) is 0 Å². The van der Waals surface area contributed by atoms with Crippen LogP contribution in [0.5, 0.6) is 0 Å². The van der Waals surface area contributed by atoms with Crippen LogP contribution in [-0.4, -0.2) is 6.54 Å². The predicted octanol–water partition coefficient (Wildman–Crippen LogP) is 1.26. The third-order valence-corrected chi connectivity index (χ3v) is 1.94. The van der Waals surface area contributed by atoms with Crippen LogP contribution >= 0.6 is 0 Å². The molecular weight excluding hydrogens is 138 g/mol. The van der Waals surface area contributed by atoms with Gasteiger partial charge in [-0.2, -0.15) is 0 Å². The molecule has 0 unspecified atom stereocenters. The molecule has 1 aliphatic heterocycles. The highest BCUT2D eigenvalue weighted by Gasteiger charge is 2.04. The fourth-order valence-electron chi connectivity index (χ4n) is 1.33. The Hall–Kier alpha value is -0.860. The molecule has 11 heavy (non-hydrogen) atoms. The highest BCUT2D eigenvalue weighted by atomic mass is 16.6. The van der Waals surface area contributed by atoms with Gasteiger partial charge in [0.15, 0.2) is 0 Å². The normalized spacial score (nSPS) is 17.1. The van der Waals surface area contributed by atoms with Crippen molar-refractivity contribution in [2.75, 3.05) is 6.54 Å². The minimum Gasteiger partial charge on any atom is -0.297 e. The van der Waals surface area contributed by atoms with Crippen LogP contribution in [0.3, 0.4) is 0 Å². The summed E-state index contributed by atoms with van der Waals surface area (Å²) < 4.78 is 0. The summed E-state index contributed by atoms with van der Waals surface area (Å²) in [6.07, 6.45) is 1.07. The van der Waals surface area contributed by atoms with Gasteiger partial charge < -0.3 is 0 Å². The van der Waals surface area contributed by atoms with Crippen molar-refractivity contribution in [3.05, 3.63) is 35.4 Å². The molecule has 0 atom stereocenters.